The van der Waals surface area contributed by atoms with Crippen LogP contribution in [-0.2, 0) is 11.4 Å². The lowest BCUT2D eigenvalue weighted by molar-refractivity contribution is 0.0231. The second kappa shape index (κ2) is 6.28. The molecule has 0 aliphatic carbocycles. The van der Waals surface area contributed by atoms with Gasteiger partial charge in [-0.25, -0.2) is 5.48 Å². The first-order valence-electron chi connectivity index (χ1n) is 6.80. The fourth-order valence-electron chi connectivity index (χ4n) is 2.16. The van der Waals surface area contributed by atoms with Gasteiger partial charge >= 0.3 is 0 Å². The minimum absolute atomic E-state index is 0.313. The van der Waals surface area contributed by atoms with Crippen molar-refractivity contribution in [2.24, 2.45) is 0 Å². The van der Waals surface area contributed by atoms with Gasteiger partial charge in [-0.1, -0.05) is 36.4 Å². The van der Waals surface area contributed by atoms with E-state index in [4.69, 9.17) is 9.57 Å². The van der Waals surface area contributed by atoms with Crippen molar-refractivity contribution in [2.75, 3.05) is 18.5 Å². The Labute approximate surface area is 122 Å². The summed E-state index contributed by atoms with van der Waals surface area (Å²) in [6.07, 6.45) is 0. The first-order valence-corrected chi connectivity index (χ1v) is 6.80. The van der Waals surface area contributed by atoms with E-state index in [1.54, 1.807) is 6.07 Å². The fourth-order valence-corrected chi connectivity index (χ4v) is 2.16. The molecular formula is C16H16N2O3. The SMILES string of the molecule is O=C(NOCc1ccccc1)c1cccc2c1OCCN2. The molecule has 2 aromatic carbocycles. The van der Waals surface area contributed by atoms with Gasteiger partial charge in [-0.05, 0) is 17.7 Å². The number of carbonyl (C=O) groups excluding carboxylic acids is 1. The number of fused-ring (bicyclic) bond motifs is 1. The fraction of sp³-hybridized carbons (Fsp3) is 0.188. The lowest BCUT2D eigenvalue weighted by atomic mass is 10.1. The molecule has 0 saturated heterocycles. The molecule has 1 aliphatic heterocycles. The normalized spacial score (nSPS) is 12.8. The molecule has 0 atom stereocenters. The van der Waals surface area contributed by atoms with Crippen LogP contribution in [0.4, 0.5) is 5.69 Å². The van der Waals surface area contributed by atoms with E-state index in [-0.39, 0.29) is 5.91 Å². The zero-order valence-electron chi connectivity index (χ0n) is 11.5. The van der Waals surface area contributed by atoms with Crippen molar-refractivity contribution in [1.29, 1.82) is 0 Å². The number of hydrogen-bond acceptors (Lipinski definition) is 4. The van der Waals surface area contributed by atoms with Crippen LogP contribution in [0.1, 0.15) is 15.9 Å². The van der Waals surface area contributed by atoms with Gasteiger partial charge in [0, 0.05) is 6.54 Å². The van der Waals surface area contributed by atoms with Crippen LogP contribution in [0, 0.1) is 0 Å². The van der Waals surface area contributed by atoms with E-state index < -0.39 is 0 Å². The molecule has 2 aromatic rings. The topological polar surface area (TPSA) is 59.6 Å². The predicted molar refractivity (Wildman–Crippen MR) is 79.1 cm³/mol. The second-order valence-electron chi connectivity index (χ2n) is 4.66. The van der Waals surface area contributed by atoms with E-state index in [1.807, 2.05) is 42.5 Å². The maximum atomic E-state index is 12.2. The molecule has 3 rings (SSSR count). The van der Waals surface area contributed by atoms with Crippen LogP contribution in [0.2, 0.25) is 0 Å². The minimum Gasteiger partial charge on any atom is -0.489 e. The second-order valence-corrected chi connectivity index (χ2v) is 4.66. The summed E-state index contributed by atoms with van der Waals surface area (Å²) in [4.78, 5) is 17.4. The average molecular weight is 284 g/mol. The third-order valence-corrected chi connectivity index (χ3v) is 3.17. The number of rotatable bonds is 4. The highest BCUT2D eigenvalue weighted by Gasteiger charge is 2.18. The summed E-state index contributed by atoms with van der Waals surface area (Å²) in [5.74, 6) is 0.260. The summed E-state index contributed by atoms with van der Waals surface area (Å²) in [5.41, 5.74) is 4.74. The largest absolute Gasteiger partial charge is 0.489 e. The van der Waals surface area contributed by atoms with Crippen LogP contribution in [0.25, 0.3) is 0 Å². The molecular weight excluding hydrogens is 268 g/mol. The molecule has 2 N–H and O–H groups in total. The van der Waals surface area contributed by atoms with Gasteiger partial charge in [0.25, 0.3) is 5.91 Å². The Morgan fingerprint density at radius 2 is 2.05 bits per heavy atom. The number of anilines is 1. The molecule has 1 amide bonds. The van der Waals surface area contributed by atoms with Gasteiger partial charge in [-0.15, -0.1) is 0 Å². The summed E-state index contributed by atoms with van der Waals surface area (Å²) < 4.78 is 5.56. The maximum absolute atomic E-state index is 12.2. The van der Waals surface area contributed by atoms with Crippen LogP contribution in [-0.4, -0.2) is 19.1 Å². The van der Waals surface area contributed by atoms with Crippen LogP contribution in [0.5, 0.6) is 5.75 Å². The summed E-state index contributed by atoms with van der Waals surface area (Å²) in [6.45, 7) is 1.60. The highest BCUT2D eigenvalue weighted by Crippen LogP contribution is 2.30. The number of amides is 1. The summed E-state index contributed by atoms with van der Waals surface area (Å²) >= 11 is 0. The van der Waals surface area contributed by atoms with Crippen LogP contribution < -0.4 is 15.5 Å². The summed E-state index contributed by atoms with van der Waals surface area (Å²) in [5, 5.41) is 3.19. The van der Waals surface area contributed by atoms with Crippen molar-refractivity contribution in [2.45, 2.75) is 6.61 Å². The highest BCUT2D eigenvalue weighted by atomic mass is 16.6. The molecule has 0 unspecified atom stereocenters. The molecule has 0 spiro atoms. The smallest absolute Gasteiger partial charge is 0.278 e. The number of carbonyl (C=O) groups is 1. The standard InChI is InChI=1S/C16H16N2O3/c19-16(18-21-11-12-5-2-1-3-6-12)13-7-4-8-14-15(13)20-10-9-17-14/h1-8,17H,9-11H2,(H,18,19). The highest BCUT2D eigenvalue weighted by molar-refractivity contribution is 5.98. The first kappa shape index (κ1) is 13.5. The molecule has 21 heavy (non-hydrogen) atoms. The monoisotopic (exact) mass is 284 g/mol. The number of hydroxylamine groups is 1. The van der Waals surface area contributed by atoms with Crippen LogP contribution in [0.3, 0.4) is 0 Å². The van der Waals surface area contributed by atoms with E-state index in [0.29, 0.717) is 24.5 Å². The minimum atomic E-state index is -0.313. The van der Waals surface area contributed by atoms with E-state index >= 15 is 0 Å². The number of para-hydroxylation sites is 1. The molecule has 0 saturated carbocycles. The van der Waals surface area contributed by atoms with Gasteiger partial charge in [-0.2, -0.15) is 0 Å². The van der Waals surface area contributed by atoms with Crippen molar-refractivity contribution >= 4 is 11.6 Å². The van der Waals surface area contributed by atoms with E-state index in [1.165, 1.54) is 0 Å². The quantitative estimate of drug-likeness (QED) is 0.846. The zero-order chi connectivity index (χ0) is 14.5. The lowest BCUT2D eigenvalue weighted by Crippen LogP contribution is -2.26. The van der Waals surface area contributed by atoms with E-state index in [2.05, 4.69) is 10.8 Å². The van der Waals surface area contributed by atoms with E-state index in [0.717, 1.165) is 17.8 Å². The summed E-state index contributed by atoms with van der Waals surface area (Å²) in [7, 11) is 0. The van der Waals surface area contributed by atoms with Crippen molar-refractivity contribution in [3.63, 3.8) is 0 Å². The number of benzene rings is 2. The molecule has 0 bridgehead atoms. The Hall–Kier alpha value is -2.53. The molecule has 108 valence electrons. The average Bonchev–Trinajstić information content (AvgIpc) is 2.55. The molecule has 1 heterocycles. The number of ether oxygens (including phenoxy) is 1. The molecule has 5 heteroatoms. The van der Waals surface area contributed by atoms with Crippen molar-refractivity contribution in [3.8, 4) is 5.75 Å². The van der Waals surface area contributed by atoms with Gasteiger partial charge in [0.15, 0.2) is 5.75 Å². The number of nitrogens with one attached hydrogen (secondary N) is 2. The first-order chi connectivity index (χ1) is 10.3. The Morgan fingerprint density at radius 3 is 2.90 bits per heavy atom. The molecule has 0 radical (unpaired) electrons. The third-order valence-electron chi connectivity index (χ3n) is 3.17. The van der Waals surface area contributed by atoms with Crippen molar-refractivity contribution in [1.82, 2.24) is 5.48 Å². The maximum Gasteiger partial charge on any atom is 0.278 e. The van der Waals surface area contributed by atoms with E-state index in [9.17, 15) is 4.79 Å². The van der Waals surface area contributed by atoms with Gasteiger partial charge < -0.3 is 10.1 Å². The number of hydrogen-bond donors (Lipinski definition) is 2. The van der Waals surface area contributed by atoms with Crippen LogP contribution in [0.15, 0.2) is 48.5 Å². The summed E-state index contributed by atoms with van der Waals surface area (Å²) in [6, 6.07) is 15.1. The molecule has 1 aliphatic rings. The zero-order valence-corrected chi connectivity index (χ0v) is 11.5. The van der Waals surface area contributed by atoms with Gasteiger partial charge in [0.2, 0.25) is 0 Å². The Kier molecular flexibility index (Phi) is 4.02. The van der Waals surface area contributed by atoms with Crippen LogP contribution >= 0.6 is 0 Å². The Balaban J connectivity index is 1.63. The third kappa shape index (κ3) is 3.14. The Bertz CT molecular complexity index is 629. The predicted octanol–water partition coefficient (Wildman–Crippen LogP) is 2.35. The molecule has 0 aromatic heterocycles. The van der Waals surface area contributed by atoms with Gasteiger partial charge in [-0.3, -0.25) is 9.63 Å². The van der Waals surface area contributed by atoms with Gasteiger partial charge in [0.1, 0.15) is 6.61 Å². The molecule has 5 nitrogen and oxygen atoms in total. The lowest BCUT2D eigenvalue weighted by Gasteiger charge is -2.21. The van der Waals surface area contributed by atoms with Crippen molar-refractivity contribution in [3.05, 3.63) is 59.7 Å². The Morgan fingerprint density at radius 1 is 1.19 bits per heavy atom. The van der Waals surface area contributed by atoms with Crippen molar-refractivity contribution < 1.29 is 14.4 Å². The molecule has 0 fully saturated rings. The van der Waals surface area contributed by atoms with Gasteiger partial charge in [0.05, 0.1) is 17.9 Å².